The van der Waals surface area contributed by atoms with Crippen LogP contribution in [0, 0.1) is 11.8 Å². The Bertz CT molecular complexity index is 1220. The highest BCUT2D eigenvalue weighted by Gasteiger charge is 2.31. The molecule has 0 aliphatic carbocycles. The van der Waals surface area contributed by atoms with Crippen LogP contribution in [0.4, 0.5) is 5.13 Å². The number of thiazole rings is 1. The number of amides is 1. The molecule has 2 atom stereocenters. The van der Waals surface area contributed by atoms with Crippen LogP contribution < -0.4 is 14.8 Å². The molecule has 2 unspecified atom stereocenters. The Kier molecular flexibility index (Phi) is 6.60. The molecule has 1 N–H and O–H groups in total. The lowest BCUT2D eigenvalue weighted by Crippen LogP contribution is -2.42. The van der Waals surface area contributed by atoms with Gasteiger partial charge in [-0.15, -0.1) is 0 Å². The summed E-state index contributed by atoms with van der Waals surface area (Å²) < 4.78 is 39.2. The van der Waals surface area contributed by atoms with Gasteiger partial charge >= 0.3 is 0 Å². The molecular formula is C23H27N3O5S2. The van der Waals surface area contributed by atoms with E-state index in [0.717, 1.165) is 11.1 Å². The first kappa shape index (κ1) is 23.5. The summed E-state index contributed by atoms with van der Waals surface area (Å²) in [4.78, 5) is 17.4. The number of carbonyl (C=O) groups excluding carboxylic acids is 1. The fourth-order valence-corrected chi connectivity index (χ4v) is 6.89. The molecule has 33 heavy (non-hydrogen) atoms. The van der Waals surface area contributed by atoms with E-state index in [0.29, 0.717) is 52.6 Å². The molecule has 0 radical (unpaired) electrons. The third-order valence-corrected chi connectivity index (χ3v) is 8.55. The minimum atomic E-state index is -3.60. The Hall–Kier alpha value is -2.69. The van der Waals surface area contributed by atoms with Crippen molar-refractivity contribution >= 4 is 42.6 Å². The second kappa shape index (κ2) is 9.28. The highest BCUT2D eigenvalue weighted by atomic mass is 32.2. The topological polar surface area (TPSA) is 97.8 Å². The molecule has 0 spiro atoms. The van der Waals surface area contributed by atoms with Crippen molar-refractivity contribution < 1.29 is 22.7 Å². The third kappa shape index (κ3) is 4.68. The van der Waals surface area contributed by atoms with Crippen molar-refractivity contribution in [3.8, 4) is 11.5 Å². The van der Waals surface area contributed by atoms with Gasteiger partial charge in [-0.3, -0.25) is 10.1 Å². The minimum Gasteiger partial charge on any atom is -0.495 e. The van der Waals surface area contributed by atoms with E-state index in [4.69, 9.17) is 9.47 Å². The van der Waals surface area contributed by atoms with Crippen LogP contribution in [0.1, 0.15) is 30.6 Å². The molecule has 3 aromatic rings. The Morgan fingerprint density at radius 2 is 1.64 bits per heavy atom. The van der Waals surface area contributed by atoms with Gasteiger partial charge in [0.25, 0.3) is 5.91 Å². The van der Waals surface area contributed by atoms with E-state index < -0.39 is 10.0 Å². The molecule has 1 amide bonds. The third-order valence-electron chi connectivity index (χ3n) is 5.72. The number of piperidine rings is 1. The van der Waals surface area contributed by atoms with Crippen LogP contribution in [-0.4, -0.2) is 50.9 Å². The van der Waals surface area contributed by atoms with Gasteiger partial charge in [0.05, 0.1) is 19.1 Å². The van der Waals surface area contributed by atoms with Gasteiger partial charge < -0.3 is 9.47 Å². The fraction of sp³-hybridized carbons (Fsp3) is 0.391. The summed E-state index contributed by atoms with van der Waals surface area (Å²) in [6.45, 7) is 5.16. The van der Waals surface area contributed by atoms with Gasteiger partial charge in [-0.1, -0.05) is 25.2 Å². The summed E-state index contributed by atoms with van der Waals surface area (Å²) in [6, 6.07) is 9.56. The summed E-state index contributed by atoms with van der Waals surface area (Å²) >= 11 is 1.28. The maximum Gasteiger partial charge on any atom is 0.257 e. The second-order valence-corrected chi connectivity index (χ2v) is 11.4. The molecule has 1 fully saturated rings. The van der Waals surface area contributed by atoms with Gasteiger partial charge in [-0.25, -0.2) is 13.4 Å². The van der Waals surface area contributed by atoms with Crippen LogP contribution in [0.5, 0.6) is 11.5 Å². The number of carbonyl (C=O) groups is 1. The zero-order valence-electron chi connectivity index (χ0n) is 19.0. The van der Waals surface area contributed by atoms with Crippen molar-refractivity contribution in [3.05, 3.63) is 42.0 Å². The van der Waals surface area contributed by atoms with E-state index in [-0.39, 0.29) is 10.8 Å². The number of hydrogen-bond acceptors (Lipinski definition) is 7. The summed E-state index contributed by atoms with van der Waals surface area (Å²) in [5, 5.41) is 3.18. The van der Waals surface area contributed by atoms with Gasteiger partial charge in [-0.05, 0) is 54.7 Å². The van der Waals surface area contributed by atoms with E-state index in [2.05, 4.69) is 24.1 Å². The highest BCUT2D eigenvalue weighted by Crippen LogP contribution is 2.39. The van der Waals surface area contributed by atoms with Gasteiger partial charge in [-0.2, -0.15) is 4.31 Å². The molecule has 176 valence electrons. The predicted octanol–water partition coefficient (Wildman–Crippen LogP) is 4.23. The number of anilines is 1. The first-order valence-corrected chi connectivity index (χ1v) is 12.9. The van der Waals surface area contributed by atoms with Gasteiger partial charge in [0, 0.05) is 18.7 Å². The van der Waals surface area contributed by atoms with E-state index in [1.165, 1.54) is 35.6 Å². The SMILES string of the molecule is COc1ccc(OC)c2sc(NC(=O)c3ccc(S(=O)(=O)N4CC(C)CC(C)C4)cc3)nc12. The van der Waals surface area contributed by atoms with Crippen molar-refractivity contribution in [1.29, 1.82) is 0 Å². The summed E-state index contributed by atoms with van der Waals surface area (Å²) in [5.74, 6) is 1.48. The maximum atomic E-state index is 13.1. The molecule has 0 saturated carbocycles. The van der Waals surface area contributed by atoms with E-state index in [1.807, 2.05) is 0 Å². The van der Waals surface area contributed by atoms with Crippen LogP contribution in [0.15, 0.2) is 41.3 Å². The zero-order chi connectivity index (χ0) is 23.8. The number of methoxy groups -OCH3 is 2. The lowest BCUT2D eigenvalue weighted by Gasteiger charge is -2.34. The Morgan fingerprint density at radius 1 is 1.03 bits per heavy atom. The molecule has 10 heteroatoms. The van der Waals surface area contributed by atoms with Crippen LogP contribution in [0.25, 0.3) is 10.2 Å². The molecule has 1 aliphatic rings. The monoisotopic (exact) mass is 489 g/mol. The Labute approximate surface area is 197 Å². The number of nitrogens with zero attached hydrogens (tertiary/aromatic N) is 2. The average molecular weight is 490 g/mol. The van der Waals surface area contributed by atoms with Gasteiger partial charge in [0.1, 0.15) is 21.7 Å². The first-order valence-electron chi connectivity index (χ1n) is 10.7. The molecule has 2 heterocycles. The average Bonchev–Trinajstić information content (AvgIpc) is 3.21. The summed E-state index contributed by atoms with van der Waals surface area (Å²) in [7, 11) is -0.474. The molecule has 2 aromatic carbocycles. The number of ether oxygens (including phenoxy) is 2. The molecule has 0 bridgehead atoms. The second-order valence-electron chi connectivity index (χ2n) is 8.41. The lowest BCUT2D eigenvalue weighted by atomic mass is 9.94. The van der Waals surface area contributed by atoms with Crippen LogP contribution in [-0.2, 0) is 10.0 Å². The van der Waals surface area contributed by atoms with Gasteiger partial charge in [0.15, 0.2) is 5.13 Å². The molecule has 1 saturated heterocycles. The standard InChI is InChI=1S/C23H27N3O5S2/c1-14-11-15(2)13-26(12-14)33(28,29)17-7-5-16(6-8-17)22(27)25-23-24-20-18(30-3)9-10-19(31-4)21(20)32-23/h5-10,14-15H,11-13H2,1-4H3,(H,24,25,27). The van der Waals surface area contributed by atoms with Crippen molar-refractivity contribution in [3.63, 3.8) is 0 Å². The van der Waals surface area contributed by atoms with Crippen LogP contribution in [0.2, 0.25) is 0 Å². The van der Waals surface area contributed by atoms with E-state index >= 15 is 0 Å². The number of hydrogen-bond donors (Lipinski definition) is 1. The Morgan fingerprint density at radius 3 is 2.24 bits per heavy atom. The minimum absolute atomic E-state index is 0.190. The number of benzene rings is 2. The van der Waals surface area contributed by atoms with Crippen molar-refractivity contribution in [2.24, 2.45) is 11.8 Å². The van der Waals surface area contributed by atoms with Crippen LogP contribution in [0.3, 0.4) is 0 Å². The number of nitrogens with one attached hydrogen (secondary N) is 1. The number of sulfonamides is 1. The van der Waals surface area contributed by atoms with Crippen molar-refractivity contribution in [2.45, 2.75) is 25.2 Å². The van der Waals surface area contributed by atoms with Crippen LogP contribution >= 0.6 is 11.3 Å². The first-order chi connectivity index (χ1) is 15.7. The molecular weight excluding hydrogens is 462 g/mol. The summed E-state index contributed by atoms with van der Waals surface area (Å²) in [5.41, 5.74) is 0.941. The largest absolute Gasteiger partial charge is 0.495 e. The molecule has 8 nitrogen and oxygen atoms in total. The number of fused-ring (bicyclic) bond motifs is 1. The van der Waals surface area contributed by atoms with E-state index in [1.54, 1.807) is 30.7 Å². The number of rotatable bonds is 6. The lowest BCUT2D eigenvalue weighted by molar-refractivity contribution is 0.102. The highest BCUT2D eigenvalue weighted by molar-refractivity contribution is 7.89. The smallest absolute Gasteiger partial charge is 0.257 e. The maximum absolute atomic E-state index is 13.1. The van der Waals surface area contributed by atoms with E-state index in [9.17, 15) is 13.2 Å². The van der Waals surface area contributed by atoms with Crippen molar-refractivity contribution in [1.82, 2.24) is 9.29 Å². The summed E-state index contributed by atoms with van der Waals surface area (Å²) in [6.07, 6.45) is 1.02. The molecule has 4 rings (SSSR count). The normalized spacial score (nSPS) is 19.4. The number of aromatic nitrogens is 1. The Balaban J connectivity index is 1.53. The zero-order valence-corrected chi connectivity index (χ0v) is 20.6. The van der Waals surface area contributed by atoms with Crippen molar-refractivity contribution in [2.75, 3.05) is 32.6 Å². The van der Waals surface area contributed by atoms with Gasteiger partial charge in [0.2, 0.25) is 10.0 Å². The fourth-order valence-electron chi connectivity index (χ4n) is 4.24. The molecule has 1 aliphatic heterocycles. The predicted molar refractivity (Wildman–Crippen MR) is 129 cm³/mol. The quantitative estimate of drug-likeness (QED) is 0.556. The molecule has 1 aromatic heterocycles.